The first-order chi connectivity index (χ1) is 18.8. The van der Waals surface area contributed by atoms with Crippen LogP contribution in [-0.2, 0) is 16.1 Å². The van der Waals surface area contributed by atoms with Crippen LogP contribution in [0.3, 0.4) is 0 Å². The normalized spacial score (nSPS) is 22.1. The van der Waals surface area contributed by atoms with E-state index in [1.165, 1.54) is 6.92 Å². The molecule has 3 aromatic rings. The second-order valence-electron chi connectivity index (χ2n) is 11.9. The molecule has 0 unspecified atom stereocenters. The molecule has 210 valence electrons. The second kappa shape index (κ2) is 9.94. The zero-order chi connectivity index (χ0) is 29.1. The Hall–Kier alpha value is -3.88. The Labute approximate surface area is 233 Å². The maximum absolute atomic E-state index is 14.4. The maximum Gasteiger partial charge on any atom is 0.243 e. The van der Waals surface area contributed by atoms with E-state index in [9.17, 15) is 18.8 Å². The summed E-state index contributed by atoms with van der Waals surface area (Å²) in [7, 11) is 0. The highest BCUT2D eigenvalue weighted by molar-refractivity contribution is 6.09. The van der Waals surface area contributed by atoms with E-state index >= 15 is 0 Å². The smallest absolute Gasteiger partial charge is 0.243 e. The van der Waals surface area contributed by atoms with Crippen LogP contribution in [0.4, 0.5) is 4.39 Å². The molecule has 1 aliphatic heterocycles. The van der Waals surface area contributed by atoms with Gasteiger partial charge < -0.3 is 14.8 Å². The van der Waals surface area contributed by atoms with Gasteiger partial charge in [-0.05, 0) is 88.6 Å². The number of Topliss-reactive ketones (excluding diaryl/α,β-unsaturated/α-hetero) is 1. The summed E-state index contributed by atoms with van der Waals surface area (Å²) >= 11 is 0. The number of hydrogen-bond acceptors (Lipinski definition) is 5. The minimum Gasteiger partial charge on any atom is -0.345 e. The Kier molecular flexibility index (Phi) is 6.88. The van der Waals surface area contributed by atoms with E-state index in [0.717, 1.165) is 34.0 Å². The van der Waals surface area contributed by atoms with Gasteiger partial charge in [0.05, 0.1) is 11.6 Å². The summed E-state index contributed by atoms with van der Waals surface area (Å²) in [5.74, 6) is -0.329. The van der Waals surface area contributed by atoms with E-state index in [2.05, 4.69) is 22.2 Å². The number of ketones is 1. The van der Waals surface area contributed by atoms with Crippen molar-refractivity contribution in [1.82, 2.24) is 24.8 Å². The molecule has 0 spiro atoms. The Morgan fingerprint density at radius 3 is 2.40 bits per heavy atom. The van der Waals surface area contributed by atoms with Crippen LogP contribution in [0.25, 0.3) is 22.0 Å². The summed E-state index contributed by atoms with van der Waals surface area (Å²) in [6, 6.07) is 2.50. The molecule has 1 saturated carbocycles. The number of nitrogens with one attached hydrogen (secondary N) is 1. The average molecular weight is 546 g/mol. The second-order valence-corrected chi connectivity index (χ2v) is 11.9. The fourth-order valence-corrected chi connectivity index (χ4v) is 6.16. The summed E-state index contributed by atoms with van der Waals surface area (Å²) in [5.41, 5.74) is 4.36. The quantitative estimate of drug-likeness (QED) is 0.419. The van der Waals surface area contributed by atoms with Gasteiger partial charge in [-0.1, -0.05) is 6.92 Å². The highest BCUT2D eigenvalue weighted by Crippen LogP contribution is 2.59. The van der Waals surface area contributed by atoms with E-state index < -0.39 is 12.1 Å². The van der Waals surface area contributed by atoms with E-state index in [1.54, 1.807) is 44.3 Å². The van der Waals surface area contributed by atoms with Gasteiger partial charge in [-0.3, -0.25) is 14.4 Å². The molecule has 1 N–H and O–H groups in total. The van der Waals surface area contributed by atoms with Crippen LogP contribution in [0, 0.1) is 19.3 Å². The van der Waals surface area contributed by atoms with Crippen LogP contribution >= 0.6 is 0 Å². The van der Waals surface area contributed by atoms with Crippen molar-refractivity contribution in [2.75, 3.05) is 0 Å². The molecule has 4 atom stereocenters. The number of allylic oxidation sites excluding steroid dienone is 1. The number of amides is 2. The Morgan fingerprint density at radius 1 is 1.10 bits per heavy atom. The molecule has 2 aromatic heterocycles. The molecule has 0 bridgehead atoms. The highest BCUT2D eigenvalue weighted by atomic mass is 19.1. The Bertz CT molecular complexity index is 1570. The van der Waals surface area contributed by atoms with Crippen LogP contribution < -0.4 is 5.32 Å². The molecule has 8 nitrogen and oxygen atoms in total. The van der Waals surface area contributed by atoms with Crippen LogP contribution in [-0.4, -0.2) is 55.2 Å². The number of benzene rings is 1. The largest absolute Gasteiger partial charge is 0.345 e. The number of halogens is 1. The fourth-order valence-electron chi connectivity index (χ4n) is 6.16. The van der Waals surface area contributed by atoms with Gasteiger partial charge in [0.15, 0.2) is 5.78 Å². The molecule has 3 heterocycles. The number of likely N-dealkylation sites (tertiary alicyclic amines) is 1. The van der Waals surface area contributed by atoms with Gasteiger partial charge in [-0.25, -0.2) is 14.4 Å². The first-order valence-corrected chi connectivity index (χ1v) is 13.7. The van der Waals surface area contributed by atoms with Gasteiger partial charge in [0.1, 0.15) is 24.2 Å². The van der Waals surface area contributed by atoms with Crippen LogP contribution in [0.2, 0.25) is 0 Å². The molecule has 2 aliphatic rings. The maximum atomic E-state index is 14.4. The number of fused-ring (bicyclic) bond motifs is 2. The minimum absolute atomic E-state index is 0.00808. The van der Waals surface area contributed by atoms with Crippen molar-refractivity contribution in [3.63, 3.8) is 0 Å². The summed E-state index contributed by atoms with van der Waals surface area (Å²) in [6.45, 7) is 12.3. The fraction of sp³-hybridized carbons (Fsp3) is 0.452. The van der Waals surface area contributed by atoms with Gasteiger partial charge in [-0.15, -0.1) is 0 Å². The van der Waals surface area contributed by atoms with Crippen LogP contribution in [0.1, 0.15) is 69.2 Å². The van der Waals surface area contributed by atoms with E-state index in [1.807, 2.05) is 30.5 Å². The number of carbonyl (C=O) groups excluding carboxylic acids is 3. The molecular weight excluding hydrogens is 509 g/mol. The SMILES string of the molecule is CC(=O)c1cn(CC(=O)N2[C@H](C(=O)N[C@H](C)C(F)=C(C)C)C[C@@]3(C)C[C@@H]23)c2c(C)cc(-c3cnc(C)nc3)cc12. The standard InChI is InChI=1S/C31H36FN5O3/c1-16(2)28(32)18(4)35-30(40)25-10-31(7)11-26(31)37(25)27(39)15-36-14-24(19(5)38)23-9-21(8-17(3)29(23)36)22-12-33-20(6)34-13-22/h8-9,12-14,18,25-26H,10-11,15H2,1-7H3,(H,35,40)/t18-,25+,26-,31+/m1/s1. The molecule has 0 radical (unpaired) electrons. The third-order valence-electron chi connectivity index (χ3n) is 8.40. The molecule has 40 heavy (non-hydrogen) atoms. The van der Waals surface area contributed by atoms with E-state index in [0.29, 0.717) is 23.4 Å². The Morgan fingerprint density at radius 2 is 1.77 bits per heavy atom. The molecule has 9 heteroatoms. The van der Waals surface area contributed by atoms with Crippen LogP contribution in [0.5, 0.6) is 0 Å². The number of rotatable bonds is 7. The lowest BCUT2D eigenvalue weighted by molar-refractivity contribution is -0.140. The molecule has 1 saturated heterocycles. The van der Waals surface area contributed by atoms with E-state index in [-0.39, 0.29) is 41.4 Å². The number of carbonyl (C=O) groups is 3. The molecule has 1 aliphatic carbocycles. The predicted octanol–water partition coefficient (Wildman–Crippen LogP) is 5.07. The van der Waals surface area contributed by atoms with Crippen molar-refractivity contribution in [2.45, 2.75) is 86.0 Å². The zero-order valence-corrected chi connectivity index (χ0v) is 24.1. The van der Waals surface area contributed by atoms with E-state index in [4.69, 9.17) is 0 Å². The van der Waals surface area contributed by atoms with Gasteiger partial charge in [0.2, 0.25) is 11.8 Å². The van der Waals surface area contributed by atoms with Gasteiger partial charge in [0, 0.05) is 41.1 Å². The summed E-state index contributed by atoms with van der Waals surface area (Å²) in [6.07, 6.45) is 6.63. The van der Waals surface area contributed by atoms with Crippen LogP contribution in [0.15, 0.2) is 42.1 Å². The lowest BCUT2D eigenvalue weighted by atomic mass is 10.0. The van der Waals surface area contributed by atoms with Gasteiger partial charge >= 0.3 is 0 Å². The molecule has 2 fully saturated rings. The van der Waals surface area contributed by atoms with Gasteiger partial charge in [0.25, 0.3) is 0 Å². The highest BCUT2D eigenvalue weighted by Gasteiger charge is 2.64. The first kappa shape index (κ1) is 27.7. The summed E-state index contributed by atoms with van der Waals surface area (Å²) in [4.78, 5) is 50.0. The minimum atomic E-state index is -0.763. The lowest BCUT2D eigenvalue weighted by Crippen LogP contribution is -2.50. The number of nitrogens with zero attached hydrogens (tertiary/aromatic N) is 4. The number of aromatic nitrogens is 3. The zero-order valence-electron chi connectivity index (χ0n) is 24.1. The molecule has 5 rings (SSSR count). The lowest BCUT2D eigenvalue weighted by Gasteiger charge is -2.28. The molecular formula is C31H36FN5O3. The van der Waals surface area contributed by atoms with Crippen molar-refractivity contribution >= 4 is 28.5 Å². The number of piperidine rings is 1. The van der Waals surface area contributed by atoms with Crippen molar-refractivity contribution in [1.29, 1.82) is 0 Å². The monoisotopic (exact) mass is 545 g/mol. The third-order valence-corrected chi connectivity index (χ3v) is 8.40. The number of aryl methyl sites for hydroxylation is 2. The summed E-state index contributed by atoms with van der Waals surface area (Å²) < 4.78 is 16.2. The van der Waals surface area contributed by atoms with Crippen molar-refractivity contribution < 1.29 is 18.8 Å². The average Bonchev–Trinajstić information content (AvgIpc) is 3.24. The predicted molar refractivity (Wildman–Crippen MR) is 151 cm³/mol. The van der Waals surface area contributed by atoms with Crippen molar-refractivity contribution in [3.05, 3.63) is 59.1 Å². The number of hydrogen-bond donors (Lipinski definition) is 1. The Balaban J connectivity index is 1.46. The third kappa shape index (κ3) is 4.82. The molecule has 1 aromatic carbocycles. The topological polar surface area (TPSA) is 97.2 Å². The van der Waals surface area contributed by atoms with Crippen molar-refractivity contribution in [3.8, 4) is 11.1 Å². The van der Waals surface area contributed by atoms with Gasteiger partial charge in [-0.2, -0.15) is 0 Å². The summed E-state index contributed by atoms with van der Waals surface area (Å²) in [5, 5.41) is 3.52. The van der Waals surface area contributed by atoms with Crippen molar-refractivity contribution in [2.24, 2.45) is 5.41 Å². The molecule has 2 amide bonds. The first-order valence-electron chi connectivity index (χ1n) is 13.7.